The van der Waals surface area contributed by atoms with Gasteiger partial charge in [0.15, 0.2) is 0 Å². The molecule has 0 aliphatic heterocycles. The molecule has 0 heterocycles. The molecule has 0 fully saturated rings. The van der Waals surface area contributed by atoms with E-state index in [9.17, 15) is 0 Å². The first-order chi connectivity index (χ1) is 19.9. The summed E-state index contributed by atoms with van der Waals surface area (Å²) in [6, 6.07) is 60.3. The molecule has 0 bridgehead atoms. The van der Waals surface area contributed by atoms with Gasteiger partial charge in [0.25, 0.3) is 0 Å². The molecule has 0 aromatic heterocycles. The number of benzene rings is 7. The van der Waals surface area contributed by atoms with Crippen LogP contribution in [0.15, 0.2) is 170 Å². The van der Waals surface area contributed by atoms with E-state index in [-0.39, 0.29) is 0 Å². The van der Waals surface area contributed by atoms with Gasteiger partial charge in [0.1, 0.15) is 0 Å². The monoisotopic (exact) mass is 512 g/mol. The normalized spacial score (nSPS) is 11.0. The Balaban J connectivity index is 1.69. The third-order valence-corrected chi connectivity index (χ3v) is 7.38. The second-order valence-corrected chi connectivity index (χ2v) is 9.80. The SMILES string of the molecule is c1ccc(N(c2ccccc2)c2c(N(c3ccccc3)c3ccccc3)c3ccccc3c3ccccc23)cc1. The van der Waals surface area contributed by atoms with Crippen LogP contribution in [0.1, 0.15) is 0 Å². The topological polar surface area (TPSA) is 6.48 Å². The van der Waals surface area contributed by atoms with Gasteiger partial charge in [0.05, 0.1) is 11.4 Å². The van der Waals surface area contributed by atoms with Crippen molar-refractivity contribution in [2.75, 3.05) is 9.80 Å². The molecule has 190 valence electrons. The highest BCUT2D eigenvalue weighted by atomic mass is 15.2. The van der Waals surface area contributed by atoms with Crippen LogP contribution in [0.25, 0.3) is 21.5 Å². The van der Waals surface area contributed by atoms with Crippen LogP contribution in [0.2, 0.25) is 0 Å². The molecule has 7 aromatic carbocycles. The number of hydrogen-bond acceptors (Lipinski definition) is 2. The second-order valence-electron chi connectivity index (χ2n) is 9.80. The summed E-state index contributed by atoms with van der Waals surface area (Å²) in [4.78, 5) is 4.81. The predicted molar refractivity (Wildman–Crippen MR) is 171 cm³/mol. The van der Waals surface area contributed by atoms with Crippen LogP contribution in [-0.2, 0) is 0 Å². The zero-order valence-corrected chi connectivity index (χ0v) is 22.1. The fourth-order valence-electron chi connectivity index (χ4n) is 5.68. The van der Waals surface area contributed by atoms with E-state index < -0.39 is 0 Å². The van der Waals surface area contributed by atoms with E-state index in [2.05, 4.69) is 180 Å². The molecule has 0 aliphatic rings. The number of para-hydroxylation sites is 4. The minimum absolute atomic E-state index is 1.11. The fraction of sp³-hybridized carbons (Fsp3) is 0. The van der Waals surface area contributed by atoms with Crippen LogP contribution < -0.4 is 9.80 Å². The summed E-state index contributed by atoms with van der Waals surface area (Å²) in [5.74, 6) is 0. The molecule has 7 rings (SSSR count). The highest BCUT2D eigenvalue weighted by molar-refractivity contribution is 6.23. The molecule has 2 heteroatoms. The van der Waals surface area contributed by atoms with Gasteiger partial charge >= 0.3 is 0 Å². The molecule has 0 atom stereocenters. The lowest BCUT2D eigenvalue weighted by atomic mass is 9.95. The standard InChI is InChI=1S/C38H28N2/c1-5-17-29(18-6-1)39(30-19-7-2-8-20-30)37-35-27-15-13-25-33(35)34-26-14-16-28-36(34)38(37)40(31-21-9-3-10-22-31)32-23-11-4-12-24-32/h1-28H. The van der Waals surface area contributed by atoms with Crippen molar-refractivity contribution in [3.05, 3.63) is 170 Å². The summed E-state index contributed by atoms with van der Waals surface area (Å²) >= 11 is 0. The Morgan fingerprint density at radius 2 is 0.450 bits per heavy atom. The first-order valence-electron chi connectivity index (χ1n) is 13.6. The van der Waals surface area contributed by atoms with Crippen molar-refractivity contribution in [1.29, 1.82) is 0 Å². The second kappa shape index (κ2) is 10.4. The van der Waals surface area contributed by atoms with E-state index in [1.807, 2.05) is 0 Å². The van der Waals surface area contributed by atoms with Crippen LogP contribution >= 0.6 is 0 Å². The summed E-state index contributed by atoms with van der Waals surface area (Å²) < 4.78 is 0. The van der Waals surface area contributed by atoms with Crippen molar-refractivity contribution < 1.29 is 0 Å². The van der Waals surface area contributed by atoms with E-state index in [4.69, 9.17) is 0 Å². The van der Waals surface area contributed by atoms with Gasteiger partial charge in [0, 0.05) is 33.5 Å². The third-order valence-electron chi connectivity index (χ3n) is 7.38. The van der Waals surface area contributed by atoms with E-state index in [1.54, 1.807) is 0 Å². The molecule has 0 spiro atoms. The van der Waals surface area contributed by atoms with Crippen molar-refractivity contribution in [1.82, 2.24) is 0 Å². The summed E-state index contributed by atoms with van der Waals surface area (Å²) in [5, 5.41) is 4.85. The Hall–Kier alpha value is -5.34. The lowest BCUT2D eigenvalue weighted by molar-refractivity contribution is 1.25. The summed E-state index contributed by atoms with van der Waals surface area (Å²) in [7, 11) is 0. The lowest BCUT2D eigenvalue weighted by Gasteiger charge is -2.35. The maximum atomic E-state index is 2.41. The molecule has 7 aromatic rings. The van der Waals surface area contributed by atoms with Crippen molar-refractivity contribution in [2.45, 2.75) is 0 Å². The fourth-order valence-corrected chi connectivity index (χ4v) is 5.68. The van der Waals surface area contributed by atoms with Gasteiger partial charge in [-0.15, -0.1) is 0 Å². The lowest BCUT2D eigenvalue weighted by Crippen LogP contribution is -2.18. The van der Waals surface area contributed by atoms with Gasteiger partial charge in [-0.05, 0) is 59.3 Å². The van der Waals surface area contributed by atoms with Crippen LogP contribution in [0.5, 0.6) is 0 Å². The summed E-state index contributed by atoms with van der Waals surface area (Å²) in [6.45, 7) is 0. The highest BCUT2D eigenvalue weighted by Gasteiger charge is 2.27. The van der Waals surface area contributed by atoms with Gasteiger partial charge < -0.3 is 9.80 Å². The molecule has 0 aliphatic carbocycles. The van der Waals surface area contributed by atoms with Gasteiger partial charge in [-0.3, -0.25) is 0 Å². The van der Waals surface area contributed by atoms with Crippen LogP contribution in [-0.4, -0.2) is 0 Å². The maximum absolute atomic E-state index is 2.41. The molecule has 0 unspecified atom stereocenters. The summed E-state index contributed by atoms with van der Waals surface area (Å²) in [6.07, 6.45) is 0. The zero-order valence-electron chi connectivity index (χ0n) is 22.1. The molecule has 0 radical (unpaired) electrons. The minimum atomic E-state index is 1.11. The van der Waals surface area contributed by atoms with Crippen molar-refractivity contribution >= 4 is 55.7 Å². The van der Waals surface area contributed by atoms with Crippen LogP contribution in [0.3, 0.4) is 0 Å². The van der Waals surface area contributed by atoms with Crippen LogP contribution in [0.4, 0.5) is 34.1 Å². The average molecular weight is 513 g/mol. The largest absolute Gasteiger partial charge is 0.308 e. The van der Waals surface area contributed by atoms with E-state index >= 15 is 0 Å². The summed E-state index contributed by atoms with van der Waals surface area (Å²) in [5.41, 5.74) is 6.71. The van der Waals surface area contributed by atoms with E-state index in [0.29, 0.717) is 0 Å². The first kappa shape index (κ1) is 23.8. The molecule has 0 amide bonds. The Bertz CT molecular complexity index is 1660. The van der Waals surface area contributed by atoms with Gasteiger partial charge in [0.2, 0.25) is 0 Å². The van der Waals surface area contributed by atoms with Gasteiger partial charge in [-0.25, -0.2) is 0 Å². The van der Waals surface area contributed by atoms with Crippen LogP contribution in [0, 0.1) is 0 Å². The molecule has 0 saturated heterocycles. The minimum Gasteiger partial charge on any atom is -0.308 e. The van der Waals surface area contributed by atoms with E-state index in [1.165, 1.54) is 21.5 Å². The van der Waals surface area contributed by atoms with Gasteiger partial charge in [-0.2, -0.15) is 0 Å². The quantitative estimate of drug-likeness (QED) is 0.161. The van der Waals surface area contributed by atoms with E-state index in [0.717, 1.165) is 34.1 Å². The number of nitrogens with zero attached hydrogens (tertiary/aromatic N) is 2. The Labute approximate surface area is 235 Å². The number of anilines is 6. The smallest absolute Gasteiger partial charge is 0.0788 e. The van der Waals surface area contributed by atoms with Crippen molar-refractivity contribution in [3.8, 4) is 0 Å². The first-order valence-corrected chi connectivity index (χ1v) is 13.6. The number of rotatable bonds is 6. The molecule has 40 heavy (non-hydrogen) atoms. The van der Waals surface area contributed by atoms with Crippen molar-refractivity contribution in [2.24, 2.45) is 0 Å². The Morgan fingerprint density at radius 3 is 0.725 bits per heavy atom. The molecule has 0 saturated carbocycles. The average Bonchev–Trinajstić information content (AvgIpc) is 3.04. The predicted octanol–water partition coefficient (Wildman–Crippen LogP) is 10.9. The number of hydrogen-bond donors (Lipinski definition) is 0. The molecule has 0 N–H and O–H groups in total. The Morgan fingerprint density at radius 1 is 0.225 bits per heavy atom. The third kappa shape index (κ3) is 4.16. The Kier molecular flexibility index (Phi) is 6.20. The zero-order chi connectivity index (χ0) is 26.7. The highest BCUT2D eigenvalue weighted by Crippen LogP contribution is 2.52. The molecule has 2 nitrogen and oxygen atoms in total. The molecular weight excluding hydrogens is 484 g/mol. The maximum Gasteiger partial charge on any atom is 0.0788 e. The van der Waals surface area contributed by atoms with Gasteiger partial charge in [-0.1, -0.05) is 121 Å². The molecular formula is C38H28N2. The number of fused-ring (bicyclic) bond motifs is 3. The van der Waals surface area contributed by atoms with Crippen molar-refractivity contribution in [3.63, 3.8) is 0 Å².